The summed E-state index contributed by atoms with van der Waals surface area (Å²) in [4.78, 5) is 16.5. The minimum Gasteiger partial charge on any atom is -0.490 e. The number of hydrogen-bond donors (Lipinski definition) is 0. The summed E-state index contributed by atoms with van der Waals surface area (Å²) in [5, 5.41) is 0. The molecule has 1 fully saturated rings. The van der Waals surface area contributed by atoms with Crippen molar-refractivity contribution in [1.29, 1.82) is 0 Å². The van der Waals surface area contributed by atoms with Crippen LogP contribution in [0.15, 0.2) is 52.4 Å². The Hall–Kier alpha value is -3.00. The number of aliphatic imine (C=N–C) groups is 2. The fraction of sp³-hybridized carbons (Fsp3) is 0.364. The van der Waals surface area contributed by atoms with E-state index in [0.29, 0.717) is 31.0 Å². The lowest BCUT2D eigenvalue weighted by Crippen LogP contribution is -2.04. The minimum absolute atomic E-state index is 0.0360. The number of allylic oxidation sites excluding steroid dienone is 1. The maximum Gasteiger partial charge on any atom is 0.200 e. The summed E-state index contributed by atoms with van der Waals surface area (Å²) in [7, 11) is 1.58. The largest absolute Gasteiger partial charge is 0.490 e. The molecule has 8 heteroatoms. The van der Waals surface area contributed by atoms with Gasteiger partial charge in [0.15, 0.2) is 11.6 Å². The molecule has 0 amide bonds. The Morgan fingerprint density at radius 1 is 1.27 bits per heavy atom. The molecule has 2 unspecified atom stereocenters. The summed E-state index contributed by atoms with van der Waals surface area (Å²) in [5.74, 6) is -1.21. The number of halogens is 2. The van der Waals surface area contributed by atoms with Gasteiger partial charge < -0.3 is 9.47 Å². The first-order valence-electron chi connectivity index (χ1n) is 9.66. The van der Waals surface area contributed by atoms with E-state index in [-0.39, 0.29) is 24.2 Å². The SMILES string of the molecule is C=N/C=C(\C=NCc1ncccn1)C1CC1c1cc(F)c(F)c(OCCCOC)c1. The summed E-state index contributed by atoms with van der Waals surface area (Å²) in [6, 6.07) is 4.55. The standard InChI is InChI=1S/C22H24F2N4O2/c1-25-12-16(13-26-14-21-27-5-3-6-28-21)18-11-17(18)15-9-19(23)22(24)20(10-15)30-8-4-7-29-2/h3,5-6,9-10,12-13,17-18H,1,4,7-8,11,14H2,2H3/b16-12+,26-13?. The van der Waals surface area contributed by atoms with E-state index in [1.165, 1.54) is 6.07 Å². The van der Waals surface area contributed by atoms with Crippen LogP contribution in [0.1, 0.15) is 30.1 Å². The van der Waals surface area contributed by atoms with Gasteiger partial charge in [-0.25, -0.2) is 14.4 Å². The third-order valence-corrected chi connectivity index (χ3v) is 4.75. The summed E-state index contributed by atoms with van der Waals surface area (Å²) < 4.78 is 38.5. The third-order valence-electron chi connectivity index (χ3n) is 4.75. The summed E-state index contributed by atoms with van der Waals surface area (Å²) in [5.41, 5.74) is 1.56. The molecule has 6 nitrogen and oxygen atoms in total. The van der Waals surface area contributed by atoms with E-state index in [1.54, 1.807) is 44.1 Å². The average molecular weight is 414 g/mol. The molecular weight excluding hydrogens is 390 g/mol. The van der Waals surface area contributed by atoms with Gasteiger partial charge in [0.1, 0.15) is 5.82 Å². The molecule has 3 rings (SSSR count). The highest BCUT2D eigenvalue weighted by Crippen LogP contribution is 2.52. The molecule has 0 saturated heterocycles. The molecule has 1 heterocycles. The molecule has 0 radical (unpaired) electrons. The van der Waals surface area contributed by atoms with Crippen molar-refractivity contribution in [2.24, 2.45) is 15.9 Å². The Labute approximate surface area is 174 Å². The number of ether oxygens (including phenoxy) is 2. The first-order valence-corrected chi connectivity index (χ1v) is 9.66. The van der Waals surface area contributed by atoms with Crippen molar-refractivity contribution in [2.75, 3.05) is 20.3 Å². The number of hydrogen-bond acceptors (Lipinski definition) is 6. The average Bonchev–Trinajstić information content (AvgIpc) is 3.55. The highest BCUT2D eigenvalue weighted by atomic mass is 19.2. The van der Waals surface area contributed by atoms with Gasteiger partial charge in [-0.05, 0) is 54.3 Å². The highest BCUT2D eigenvalue weighted by Gasteiger charge is 2.41. The molecule has 30 heavy (non-hydrogen) atoms. The lowest BCUT2D eigenvalue weighted by Gasteiger charge is -2.10. The van der Waals surface area contributed by atoms with Crippen molar-refractivity contribution in [3.05, 3.63) is 65.4 Å². The van der Waals surface area contributed by atoms with Crippen LogP contribution in [0, 0.1) is 17.6 Å². The van der Waals surface area contributed by atoms with Gasteiger partial charge in [-0.1, -0.05) is 0 Å². The van der Waals surface area contributed by atoms with Crippen LogP contribution in [-0.4, -0.2) is 43.2 Å². The summed E-state index contributed by atoms with van der Waals surface area (Å²) >= 11 is 0. The molecule has 1 aromatic heterocycles. The Bertz CT molecular complexity index is 919. The molecule has 2 aromatic rings. The van der Waals surface area contributed by atoms with Crippen LogP contribution in [-0.2, 0) is 11.3 Å². The van der Waals surface area contributed by atoms with Crippen molar-refractivity contribution in [2.45, 2.75) is 25.3 Å². The number of nitrogens with zero attached hydrogens (tertiary/aromatic N) is 4. The molecule has 1 aliphatic rings. The predicted octanol–water partition coefficient (Wildman–Crippen LogP) is 4.13. The molecule has 158 valence electrons. The smallest absolute Gasteiger partial charge is 0.200 e. The fourth-order valence-electron chi connectivity index (χ4n) is 3.19. The fourth-order valence-corrected chi connectivity index (χ4v) is 3.19. The van der Waals surface area contributed by atoms with E-state index in [2.05, 4.69) is 26.7 Å². The second-order valence-electron chi connectivity index (χ2n) is 6.90. The zero-order valence-electron chi connectivity index (χ0n) is 16.8. The van der Waals surface area contributed by atoms with Crippen LogP contribution in [0.3, 0.4) is 0 Å². The van der Waals surface area contributed by atoms with Crippen molar-refractivity contribution < 1.29 is 18.3 Å². The van der Waals surface area contributed by atoms with Crippen molar-refractivity contribution in [3.8, 4) is 5.75 Å². The molecule has 1 aliphatic carbocycles. The van der Waals surface area contributed by atoms with E-state index in [1.807, 2.05) is 0 Å². The normalized spacial score (nSPS) is 18.6. The van der Waals surface area contributed by atoms with Gasteiger partial charge in [-0.2, -0.15) is 4.39 Å². The van der Waals surface area contributed by atoms with Crippen LogP contribution in [0.4, 0.5) is 8.78 Å². The number of methoxy groups -OCH3 is 1. The van der Waals surface area contributed by atoms with Gasteiger partial charge in [-0.3, -0.25) is 9.98 Å². The monoisotopic (exact) mass is 414 g/mol. The minimum atomic E-state index is -0.971. The second kappa shape index (κ2) is 10.7. The van der Waals surface area contributed by atoms with Crippen LogP contribution < -0.4 is 4.74 Å². The predicted molar refractivity (Wildman–Crippen MR) is 111 cm³/mol. The lowest BCUT2D eigenvalue weighted by atomic mass is 10.0. The molecule has 0 spiro atoms. The summed E-state index contributed by atoms with van der Waals surface area (Å²) in [6.07, 6.45) is 8.06. The van der Waals surface area contributed by atoms with Crippen molar-refractivity contribution >= 4 is 12.9 Å². The molecule has 1 aromatic carbocycles. The Morgan fingerprint density at radius 2 is 2.07 bits per heavy atom. The second-order valence-corrected chi connectivity index (χ2v) is 6.90. The van der Waals surface area contributed by atoms with E-state index in [4.69, 9.17) is 9.47 Å². The third kappa shape index (κ3) is 5.76. The number of aromatic nitrogens is 2. The van der Waals surface area contributed by atoms with Crippen LogP contribution >= 0.6 is 0 Å². The van der Waals surface area contributed by atoms with E-state index >= 15 is 0 Å². The molecule has 0 N–H and O–H groups in total. The molecule has 1 saturated carbocycles. The molecular formula is C22H24F2N4O2. The van der Waals surface area contributed by atoms with Crippen LogP contribution in [0.25, 0.3) is 0 Å². The summed E-state index contributed by atoms with van der Waals surface area (Å²) in [6.45, 7) is 4.60. The Balaban J connectivity index is 1.67. The topological polar surface area (TPSA) is 69.0 Å². The van der Waals surface area contributed by atoms with Gasteiger partial charge in [0.05, 0.1) is 13.2 Å². The molecule has 0 aliphatic heterocycles. The van der Waals surface area contributed by atoms with Crippen molar-refractivity contribution in [3.63, 3.8) is 0 Å². The first-order chi connectivity index (χ1) is 14.6. The molecule has 2 atom stereocenters. The van der Waals surface area contributed by atoms with Gasteiger partial charge in [0, 0.05) is 44.9 Å². The van der Waals surface area contributed by atoms with Gasteiger partial charge in [0.25, 0.3) is 0 Å². The quantitative estimate of drug-likeness (QED) is 0.410. The number of benzene rings is 1. The first kappa shape index (κ1) is 21.7. The van der Waals surface area contributed by atoms with Gasteiger partial charge in [-0.15, -0.1) is 0 Å². The Kier molecular flexibility index (Phi) is 7.73. The number of rotatable bonds is 11. The van der Waals surface area contributed by atoms with E-state index in [9.17, 15) is 8.78 Å². The van der Waals surface area contributed by atoms with Crippen LogP contribution in [0.2, 0.25) is 0 Å². The Morgan fingerprint density at radius 3 is 2.80 bits per heavy atom. The van der Waals surface area contributed by atoms with E-state index in [0.717, 1.165) is 12.0 Å². The zero-order chi connectivity index (χ0) is 21.3. The highest BCUT2D eigenvalue weighted by molar-refractivity contribution is 5.80. The maximum absolute atomic E-state index is 14.1. The van der Waals surface area contributed by atoms with Gasteiger partial charge >= 0.3 is 0 Å². The lowest BCUT2D eigenvalue weighted by molar-refractivity contribution is 0.170. The maximum atomic E-state index is 14.1. The zero-order valence-corrected chi connectivity index (χ0v) is 16.8. The van der Waals surface area contributed by atoms with Crippen molar-refractivity contribution in [1.82, 2.24) is 9.97 Å². The van der Waals surface area contributed by atoms with Gasteiger partial charge in [0.2, 0.25) is 5.82 Å². The van der Waals surface area contributed by atoms with Crippen LogP contribution in [0.5, 0.6) is 5.75 Å². The molecule has 0 bridgehead atoms. The van der Waals surface area contributed by atoms with E-state index < -0.39 is 11.6 Å².